The summed E-state index contributed by atoms with van der Waals surface area (Å²) in [6.07, 6.45) is -7.52. The number of nitrogens with zero attached hydrogens (tertiary/aromatic N) is 1. The quantitative estimate of drug-likeness (QED) is 0.318. The third kappa shape index (κ3) is 4.25. The van der Waals surface area contributed by atoms with E-state index in [1.807, 2.05) is 0 Å². The molecule has 160 valence electrons. The molecule has 0 aliphatic carbocycles. The SMILES string of the molecule is O=C(O)c1cc(-c2ccccc2OC2OC(CO)C(O)C(O)C2O)cc([N+](=O)[O-])c1. The van der Waals surface area contributed by atoms with Crippen molar-refractivity contribution in [2.75, 3.05) is 6.61 Å². The van der Waals surface area contributed by atoms with Crippen LogP contribution in [0.2, 0.25) is 0 Å². The maximum atomic E-state index is 11.4. The van der Waals surface area contributed by atoms with Gasteiger partial charge in [0.25, 0.3) is 5.69 Å². The first-order chi connectivity index (χ1) is 14.2. The van der Waals surface area contributed by atoms with Crippen molar-refractivity contribution in [3.8, 4) is 16.9 Å². The van der Waals surface area contributed by atoms with Gasteiger partial charge in [-0.05, 0) is 17.7 Å². The number of nitro groups is 1. The summed E-state index contributed by atoms with van der Waals surface area (Å²) in [6.45, 7) is -0.640. The number of hydrogen-bond donors (Lipinski definition) is 5. The Morgan fingerprint density at radius 3 is 2.43 bits per heavy atom. The number of para-hydroxylation sites is 1. The zero-order valence-corrected chi connectivity index (χ0v) is 15.4. The fraction of sp³-hybridized carbons (Fsp3) is 0.316. The lowest BCUT2D eigenvalue weighted by molar-refractivity contribution is -0.384. The van der Waals surface area contributed by atoms with E-state index in [1.54, 1.807) is 12.1 Å². The number of hydrogen-bond acceptors (Lipinski definition) is 9. The molecule has 11 nitrogen and oxygen atoms in total. The molecule has 0 aromatic heterocycles. The Morgan fingerprint density at radius 2 is 1.80 bits per heavy atom. The van der Waals surface area contributed by atoms with E-state index in [0.717, 1.165) is 6.07 Å². The van der Waals surface area contributed by atoms with Crippen molar-refractivity contribution in [1.29, 1.82) is 0 Å². The molecule has 0 amide bonds. The molecule has 5 atom stereocenters. The number of benzene rings is 2. The van der Waals surface area contributed by atoms with Gasteiger partial charge >= 0.3 is 5.97 Å². The highest BCUT2D eigenvalue weighted by Gasteiger charge is 2.44. The Kier molecular flexibility index (Phi) is 6.29. The standard InChI is InChI=1S/C19H19NO10/c21-8-14-15(22)16(23)17(24)19(30-14)29-13-4-2-1-3-12(13)9-5-10(18(25)26)7-11(6-9)20(27)28/h1-7,14-17,19,21-24H,8H2,(H,25,26). The summed E-state index contributed by atoms with van der Waals surface area (Å²) in [5, 5.41) is 59.7. The monoisotopic (exact) mass is 421 g/mol. The minimum atomic E-state index is -1.66. The average Bonchev–Trinajstić information content (AvgIpc) is 2.74. The van der Waals surface area contributed by atoms with Gasteiger partial charge < -0.3 is 35.0 Å². The molecule has 1 saturated heterocycles. The number of ether oxygens (including phenoxy) is 2. The molecule has 0 spiro atoms. The van der Waals surface area contributed by atoms with Crippen LogP contribution in [0.5, 0.6) is 5.75 Å². The summed E-state index contributed by atoms with van der Waals surface area (Å²) in [7, 11) is 0. The molecule has 11 heteroatoms. The van der Waals surface area contributed by atoms with Crippen molar-refractivity contribution in [2.45, 2.75) is 30.7 Å². The summed E-state index contributed by atoms with van der Waals surface area (Å²) < 4.78 is 10.9. The lowest BCUT2D eigenvalue weighted by Gasteiger charge is -2.39. The molecule has 0 radical (unpaired) electrons. The van der Waals surface area contributed by atoms with Gasteiger partial charge in [0.15, 0.2) is 0 Å². The van der Waals surface area contributed by atoms with Crippen LogP contribution in [-0.4, -0.2) is 73.7 Å². The third-order valence-electron chi connectivity index (χ3n) is 4.67. The van der Waals surface area contributed by atoms with Crippen LogP contribution in [0, 0.1) is 10.1 Å². The Hall–Kier alpha value is -3.09. The van der Waals surface area contributed by atoms with Gasteiger partial charge in [-0.1, -0.05) is 18.2 Å². The van der Waals surface area contributed by atoms with Gasteiger partial charge in [-0.2, -0.15) is 0 Å². The minimum absolute atomic E-state index is 0.0682. The van der Waals surface area contributed by atoms with Crippen molar-refractivity contribution in [3.63, 3.8) is 0 Å². The van der Waals surface area contributed by atoms with E-state index in [-0.39, 0.29) is 22.4 Å². The van der Waals surface area contributed by atoms with E-state index >= 15 is 0 Å². The summed E-state index contributed by atoms with van der Waals surface area (Å²) >= 11 is 0. The van der Waals surface area contributed by atoms with Crippen LogP contribution in [0.15, 0.2) is 42.5 Å². The fourth-order valence-electron chi connectivity index (χ4n) is 3.09. The molecular formula is C19H19NO10. The van der Waals surface area contributed by atoms with Gasteiger partial charge in [0.05, 0.1) is 17.1 Å². The second kappa shape index (κ2) is 8.73. The smallest absolute Gasteiger partial charge is 0.335 e. The normalized spacial score (nSPS) is 26.2. The van der Waals surface area contributed by atoms with Gasteiger partial charge in [0, 0.05) is 17.7 Å². The van der Waals surface area contributed by atoms with Crippen LogP contribution in [0.4, 0.5) is 5.69 Å². The molecule has 2 aromatic carbocycles. The highest BCUT2D eigenvalue weighted by molar-refractivity contribution is 5.91. The molecule has 5 unspecified atom stereocenters. The topological polar surface area (TPSA) is 180 Å². The molecular weight excluding hydrogens is 402 g/mol. The van der Waals surface area contributed by atoms with Gasteiger partial charge in [0.1, 0.15) is 30.2 Å². The van der Waals surface area contributed by atoms with Gasteiger partial charge in [-0.15, -0.1) is 0 Å². The van der Waals surface area contributed by atoms with Gasteiger partial charge in [0.2, 0.25) is 6.29 Å². The van der Waals surface area contributed by atoms with Crippen LogP contribution in [0.25, 0.3) is 11.1 Å². The maximum absolute atomic E-state index is 11.4. The largest absolute Gasteiger partial charge is 0.478 e. The number of carboxylic acid groups (broad SMARTS) is 1. The van der Waals surface area contributed by atoms with E-state index in [0.29, 0.717) is 0 Å². The number of non-ortho nitro benzene ring substituents is 1. The second-order valence-electron chi connectivity index (χ2n) is 6.64. The van der Waals surface area contributed by atoms with Gasteiger partial charge in [-0.3, -0.25) is 10.1 Å². The zero-order chi connectivity index (χ0) is 22.0. The first-order valence-electron chi connectivity index (χ1n) is 8.82. The molecule has 0 bridgehead atoms. The van der Waals surface area contributed by atoms with Crippen LogP contribution >= 0.6 is 0 Å². The maximum Gasteiger partial charge on any atom is 0.335 e. The summed E-state index contributed by atoms with van der Waals surface area (Å²) in [5.74, 6) is -1.29. The number of carbonyl (C=O) groups is 1. The average molecular weight is 421 g/mol. The highest BCUT2D eigenvalue weighted by Crippen LogP contribution is 2.35. The highest BCUT2D eigenvalue weighted by atomic mass is 16.7. The molecule has 30 heavy (non-hydrogen) atoms. The van der Waals surface area contributed by atoms with E-state index in [1.165, 1.54) is 24.3 Å². The van der Waals surface area contributed by atoms with Crippen LogP contribution in [0.3, 0.4) is 0 Å². The summed E-state index contributed by atoms with van der Waals surface area (Å²) in [6, 6.07) is 9.45. The van der Waals surface area contributed by atoms with E-state index in [4.69, 9.17) is 9.47 Å². The minimum Gasteiger partial charge on any atom is -0.478 e. The molecule has 1 heterocycles. The third-order valence-corrected chi connectivity index (χ3v) is 4.67. The van der Waals surface area contributed by atoms with E-state index in [2.05, 4.69) is 0 Å². The Labute approximate surface area is 169 Å². The molecule has 2 aromatic rings. The van der Waals surface area contributed by atoms with E-state index < -0.39 is 53.9 Å². The fourth-order valence-corrected chi connectivity index (χ4v) is 3.09. The summed E-state index contributed by atoms with van der Waals surface area (Å²) in [5.41, 5.74) is -0.308. The van der Waals surface area contributed by atoms with Crippen molar-refractivity contribution < 1.29 is 44.7 Å². The lowest BCUT2D eigenvalue weighted by Crippen LogP contribution is -2.60. The first kappa shape index (κ1) is 21.6. The molecule has 1 aliphatic rings. The number of rotatable bonds is 6. The molecule has 0 saturated carbocycles. The van der Waals surface area contributed by atoms with Crippen molar-refractivity contribution >= 4 is 11.7 Å². The number of aliphatic hydroxyl groups excluding tert-OH is 4. The predicted octanol–water partition coefficient (Wildman–Crippen LogP) is 0.139. The number of carboxylic acids is 1. The van der Waals surface area contributed by atoms with Crippen molar-refractivity contribution in [1.82, 2.24) is 0 Å². The molecule has 3 rings (SSSR count). The van der Waals surface area contributed by atoms with Gasteiger partial charge in [-0.25, -0.2) is 4.79 Å². The Balaban J connectivity index is 1.99. The molecule has 1 aliphatic heterocycles. The number of aliphatic hydroxyl groups is 4. The Morgan fingerprint density at radius 1 is 1.10 bits per heavy atom. The first-order valence-corrected chi connectivity index (χ1v) is 8.82. The van der Waals surface area contributed by atoms with E-state index in [9.17, 15) is 40.4 Å². The summed E-state index contributed by atoms with van der Waals surface area (Å²) in [4.78, 5) is 21.8. The van der Waals surface area contributed by atoms with Crippen molar-refractivity contribution in [3.05, 3.63) is 58.1 Å². The Bertz CT molecular complexity index is 914. The van der Waals surface area contributed by atoms with Crippen LogP contribution in [0.1, 0.15) is 10.4 Å². The zero-order valence-electron chi connectivity index (χ0n) is 15.4. The number of nitro benzene ring substituents is 1. The van der Waals surface area contributed by atoms with Crippen LogP contribution < -0.4 is 4.74 Å². The predicted molar refractivity (Wildman–Crippen MR) is 99.9 cm³/mol. The van der Waals surface area contributed by atoms with Crippen molar-refractivity contribution in [2.24, 2.45) is 0 Å². The molecule has 1 fully saturated rings. The molecule has 5 N–H and O–H groups in total. The number of aromatic carboxylic acids is 1. The second-order valence-corrected chi connectivity index (χ2v) is 6.64. The van der Waals surface area contributed by atoms with Crippen LogP contribution in [-0.2, 0) is 4.74 Å². The lowest BCUT2D eigenvalue weighted by atomic mass is 9.99.